The van der Waals surface area contributed by atoms with Gasteiger partial charge in [0.1, 0.15) is 12.7 Å². The van der Waals surface area contributed by atoms with Gasteiger partial charge in [-0.2, -0.15) is 36.5 Å². The van der Waals surface area contributed by atoms with Crippen LogP contribution in [0.15, 0.2) is 12.7 Å². The Morgan fingerprint density at radius 1 is 1.30 bits per heavy atom. The number of nitrogens with one attached hydrogen (secondary N) is 2. The summed E-state index contributed by atoms with van der Waals surface area (Å²) in [5, 5.41) is 7.32. The number of nitrogens with zero attached hydrogens (tertiary/aromatic N) is 6. The summed E-state index contributed by atoms with van der Waals surface area (Å²) in [4.78, 5) is 16.6. The molecule has 106 valence electrons. The number of aromatic nitrogens is 6. The van der Waals surface area contributed by atoms with Crippen molar-refractivity contribution in [2.45, 2.75) is 18.9 Å². The highest BCUT2D eigenvalue weighted by molar-refractivity contribution is 7.99. The lowest BCUT2D eigenvalue weighted by Crippen LogP contribution is -2.27. The smallest absolute Gasteiger partial charge is 0.258 e. The third-order valence-electron chi connectivity index (χ3n) is 2.87. The Balaban J connectivity index is 1.84. The predicted molar refractivity (Wildman–Crippen MR) is 76.5 cm³/mol. The van der Waals surface area contributed by atoms with Crippen LogP contribution in [0.4, 0.5) is 11.9 Å². The minimum Gasteiger partial charge on any atom is -0.350 e. The molecule has 1 unspecified atom stereocenters. The van der Waals surface area contributed by atoms with Gasteiger partial charge >= 0.3 is 0 Å². The lowest BCUT2D eigenvalue weighted by molar-refractivity contribution is 0.675. The van der Waals surface area contributed by atoms with Gasteiger partial charge in [-0.25, -0.2) is 10.8 Å². The Kier molecular flexibility index (Phi) is 3.92. The molecular formula is C10H15N9S. The second-order valence-electron chi connectivity index (χ2n) is 4.33. The van der Waals surface area contributed by atoms with E-state index in [-0.39, 0.29) is 5.95 Å². The van der Waals surface area contributed by atoms with Gasteiger partial charge in [0.15, 0.2) is 0 Å². The van der Waals surface area contributed by atoms with Crippen LogP contribution in [0.3, 0.4) is 0 Å². The molecule has 2 aromatic rings. The van der Waals surface area contributed by atoms with E-state index in [1.807, 2.05) is 11.8 Å². The fourth-order valence-electron chi connectivity index (χ4n) is 1.94. The average Bonchev–Trinajstić information content (AvgIpc) is 3.02. The molecule has 1 aliphatic rings. The highest BCUT2D eigenvalue weighted by atomic mass is 32.2. The van der Waals surface area contributed by atoms with Gasteiger partial charge in [0, 0.05) is 11.8 Å². The lowest BCUT2D eigenvalue weighted by atomic mass is 10.2. The maximum absolute atomic E-state index is 5.39. The normalized spacial score (nSPS) is 18.8. The number of rotatable bonds is 4. The molecule has 0 amide bonds. The van der Waals surface area contributed by atoms with E-state index in [0.29, 0.717) is 17.9 Å². The zero-order valence-electron chi connectivity index (χ0n) is 10.7. The first-order chi connectivity index (χ1) is 9.85. The van der Waals surface area contributed by atoms with Gasteiger partial charge in [-0.3, -0.25) is 5.43 Å². The molecule has 4 N–H and O–H groups in total. The number of hydrazine groups is 1. The summed E-state index contributed by atoms with van der Waals surface area (Å²) >= 11 is 1.93. The Hall–Kier alpha value is -1.94. The van der Waals surface area contributed by atoms with E-state index in [2.05, 4.69) is 35.8 Å². The molecule has 2 aromatic heterocycles. The van der Waals surface area contributed by atoms with Crippen LogP contribution in [-0.2, 0) is 0 Å². The number of nitrogens with two attached hydrogens (primary N) is 1. The van der Waals surface area contributed by atoms with E-state index in [9.17, 15) is 0 Å². The molecule has 0 saturated carbocycles. The molecule has 0 bridgehead atoms. The van der Waals surface area contributed by atoms with Crippen molar-refractivity contribution in [3.8, 4) is 5.95 Å². The summed E-state index contributed by atoms with van der Waals surface area (Å²) in [7, 11) is 0. The first-order valence-corrected chi connectivity index (χ1v) is 7.42. The van der Waals surface area contributed by atoms with E-state index in [1.54, 1.807) is 0 Å². The van der Waals surface area contributed by atoms with Crippen LogP contribution in [0.5, 0.6) is 0 Å². The predicted octanol–water partition coefficient (Wildman–Crippen LogP) is 0.0454. The number of hydrogen-bond donors (Lipinski definition) is 3. The van der Waals surface area contributed by atoms with Crippen molar-refractivity contribution in [1.29, 1.82) is 0 Å². The van der Waals surface area contributed by atoms with Crippen LogP contribution in [-0.4, -0.2) is 47.3 Å². The molecule has 1 fully saturated rings. The largest absolute Gasteiger partial charge is 0.350 e. The molecule has 0 aliphatic carbocycles. The highest BCUT2D eigenvalue weighted by Gasteiger charge is 2.16. The van der Waals surface area contributed by atoms with E-state index in [0.717, 1.165) is 12.2 Å². The highest BCUT2D eigenvalue weighted by Crippen LogP contribution is 2.20. The second kappa shape index (κ2) is 6.01. The topological polar surface area (TPSA) is 119 Å². The molecule has 0 aromatic carbocycles. The summed E-state index contributed by atoms with van der Waals surface area (Å²) in [5.41, 5.74) is 2.44. The van der Waals surface area contributed by atoms with Gasteiger partial charge in [0.2, 0.25) is 11.9 Å². The zero-order chi connectivity index (χ0) is 13.8. The van der Waals surface area contributed by atoms with Crippen molar-refractivity contribution in [3.05, 3.63) is 12.7 Å². The molecule has 9 nitrogen and oxygen atoms in total. The Bertz CT molecular complexity index is 552. The summed E-state index contributed by atoms with van der Waals surface area (Å²) in [6.45, 7) is 0. The van der Waals surface area contributed by atoms with Crippen LogP contribution in [0.2, 0.25) is 0 Å². The summed E-state index contributed by atoms with van der Waals surface area (Å²) in [6.07, 6.45) is 5.26. The maximum atomic E-state index is 5.39. The Morgan fingerprint density at radius 2 is 2.20 bits per heavy atom. The van der Waals surface area contributed by atoms with E-state index in [1.165, 1.54) is 29.5 Å². The SMILES string of the molecule is NNc1nc(NC2CCCSC2)nc(-n2cncn2)n1. The van der Waals surface area contributed by atoms with Crippen molar-refractivity contribution in [2.75, 3.05) is 22.2 Å². The lowest BCUT2D eigenvalue weighted by Gasteiger charge is -2.22. The quantitative estimate of drug-likeness (QED) is 0.530. The third-order valence-corrected chi connectivity index (χ3v) is 4.09. The van der Waals surface area contributed by atoms with Gasteiger partial charge < -0.3 is 5.32 Å². The number of thioether (sulfide) groups is 1. The van der Waals surface area contributed by atoms with Gasteiger partial charge in [-0.05, 0) is 18.6 Å². The summed E-state index contributed by atoms with van der Waals surface area (Å²) in [5.74, 6) is 8.81. The van der Waals surface area contributed by atoms with Gasteiger partial charge in [-0.1, -0.05) is 0 Å². The molecule has 0 spiro atoms. The standard InChI is InChI=1S/C10H15N9S/c11-18-9-15-8(14-7-2-1-3-20-4-7)16-10(17-9)19-6-12-5-13-19/h5-7H,1-4,11H2,(H2,14,15,16,17,18). The number of nitrogen functional groups attached to an aromatic ring is 1. The van der Waals surface area contributed by atoms with Crippen LogP contribution < -0.4 is 16.6 Å². The molecule has 3 rings (SSSR count). The van der Waals surface area contributed by atoms with Crippen LogP contribution >= 0.6 is 11.8 Å². The van der Waals surface area contributed by atoms with Gasteiger partial charge in [0.05, 0.1) is 0 Å². The van der Waals surface area contributed by atoms with Crippen molar-refractivity contribution >= 4 is 23.7 Å². The molecule has 1 saturated heterocycles. The van der Waals surface area contributed by atoms with Crippen molar-refractivity contribution in [2.24, 2.45) is 5.84 Å². The molecule has 3 heterocycles. The minimum atomic E-state index is 0.288. The number of anilines is 2. The van der Waals surface area contributed by atoms with E-state index < -0.39 is 0 Å². The van der Waals surface area contributed by atoms with Crippen LogP contribution in [0, 0.1) is 0 Å². The molecule has 1 aliphatic heterocycles. The Morgan fingerprint density at radius 3 is 2.90 bits per heavy atom. The Labute approximate surface area is 119 Å². The fraction of sp³-hybridized carbons (Fsp3) is 0.500. The number of hydrogen-bond acceptors (Lipinski definition) is 9. The van der Waals surface area contributed by atoms with Gasteiger partial charge in [-0.15, -0.1) is 0 Å². The zero-order valence-corrected chi connectivity index (χ0v) is 11.5. The summed E-state index contributed by atoms with van der Waals surface area (Å²) < 4.78 is 1.46. The van der Waals surface area contributed by atoms with Crippen LogP contribution in [0.1, 0.15) is 12.8 Å². The first-order valence-electron chi connectivity index (χ1n) is 6.27. The minimum absolute atomic E-state index is 0.288. The molecule has 0 radical (unpaired) electrons. The molecular weight excluding hydrogens is 278 g/mol. The second-order valence-corrected chi connectivity index (χ2v) is 5.48. The van der Waals surface area contributed by atoms with Crippen molar-refractivity contribution in [1.82, 2.24) is 29.7 Å². The van der Waals surface area contributed by atoms with Crippen molar-refractivity contribution < 1.29 is 0 Å². The first kappa shape index (κ1) is 13.1. The van der Waals surface area contributed by atoms with Crippen LogP contribution in [0.25, 0.3) is 5.95 Å². The maximum Gasteiger partial charge on any atom is 0.258 e. The average molecular weight is 293 g/mol. The van der Waals surface area contributed by atoms with E-state index in [4.69, 9.17) is 5.84 Å². The molecule has 20 heavy (non-hydrogen) atoms. The summed E-state index contributed by atoms with van der Waals surface area (Å²) in [6, 6.07) is 0.366. The molecule has 10 heteroatoms. The van der Waals surface area contributed by atoms with Gasteiger partial charge in [0.25, 0.3) is 5.95 Å². The molecule has 1 atom stereocenters. The van der Waals surface area contributed by atoms with Crippen molar-refractivity contribution in [3.63, 3.8) is 0 Å². The van der Waals surface area contributed by atoms with E-state index >= 15 is 0 Å². The monoisotopic (exact) mass is 293 g/mol. The fourth-order valence-corrected chi connectivity index (χ4v) is 3.02. The third kappa shape index (κ3) is 2.96.